The molecule has 25 heavy (non-hydrogen) atoms. The zero-order valence-electron chi connectivity index (χ0n) is 14.6. The van der Waals surface area contributed by atoms with Crippen molar-refractivity contribution in [3.05, 3.63) is 64.0 Å². The number of halogens is 1. The van der Waals surface area contributed by atoms with E-state index in [4.69, 9.17) is 0 Å². The molecule has 1 fully saturated rings. The maximum atomic E-state index is 14.3. The first-order chi connectivity index (χ1) is 12.1. The number of nitrogens with zero attached hydrogens (tertiary/aromatic N) is 1. The molecule has 1 saturated carbocycles. The lowest BCUT2D eigenvalue weighted by molar-refractivity contribution is -0.387. The summed E-state index contributed by atoms with van der Waals surface area (Å²) >= 11 is 0. The van der Waals surface area contributed by atoms with Gasteiger partial charge in [-0.1, -0.05) is 56.2 Å². The van der Waals surface area contributed by atoms with Crippen molar-refractivity contribution in [2.45, 2.75) is 51.4 Å². The predicted molar refractivity (Wildman–Crippen MR) is 98.1 cm³/mol. The summed E-state index contributed by atoms with van der Waals surface area (Å²) in [5, 5.41) is 10.9. The van der Waals surface area contributed by atoms with E-state index in [0.29, 0.717) is 11.5 Å². The van der Waals surface area contributed by atoms with Gasteiger partial charge in [0, 0.05) is 11.6 Å². The van der Waals surface area contributed by atoms with Gasteiger partial charge < -0.3 is 0 Å². The fourth-order valence-electron chi connectivity index (χ4n) is 4.01. The zero-order chi connectivity index (χ0) is 17.8. The lowest BCUT2D eigenvalue weighted by atomic mass is 9.77. The average Bonchev–Trinajstić information content (AvgIpc) is 2.63. The van der Waals surface area contributed by atoms with Gasteiger partial charge in [0.1, 0.15) is 0 Å². The molecule has 0 bridgehead atoms. The van der Waals surface area contributed by atoms with Crippen molar-refractivity contribution in [3.8, 4) is 11.1 Å². The minimum atomic E-state index is -0.764. The Morgan fingerprint density at radius 3 is 2.36 bits per heavy atom. The minimum Gasteiger partial charge on any atom is -0.258 e. The van der Waals surface area contributed by atoms with Crippen LogP contribution in [0.2, 0.25) is 0 Å². The van der Waals surface area contributed by atoms with E-state index < -0.39 is 16.4 Å². The molecule has 0 N–H and O–H groups in total. The van der Waals surface area contributed by atoms with Crippen molar-refractivity contribution in [1.82, 2.24) is 0 Å². The second-order valence-corrected chi connectivity index (χ2v) is 7.02. The second kappa shape index (κ2) is 7.77. The molecule has 0 amide bonds. The number of benzene rings is 2. The summed E-state index contributed by atoms with van der Waals surface area (Å²) in [6.07, 6.45) is 7.61. The van der Waals surface area contributed by atoms with Crippen LogP contribution >= 0.6 is 0 Å². The number of rotatable bonds is 5. The van der Waals surface area contributed by atoms with Crippen molar-refractivity contribution in [3.63, 3.8) is 0 Å². The molecule has 3 rings (SSSR count). The molecule has 0 spiro atoms. The predicted octanol–water partition coefficient (Wildman–Crippen LogP) is 6.47. The van der Waals surface area contributed by atoms with E-state index in [-0.39, 0.29) is 5.56 Å². The topological polar surface area (TPSA) is 43.1 Å². The summed E-state index contributed by atoms with van der Waals surface area (Å²) in [4.78, 5) is 10.2. The van der Waals surface area contributed by atoms with Crippen LogP contribution in [0.1, 0.15) is 56.9 Å². The van der Waals surface area contributed by atoms with E-state index in [1.54, 1.807) is 6.07 Å². The van der Waals surface area contributed by atoms with Gasteiger partial charge in [-0.25, -0.2) is 0 Å². The van der Waals surface area contributed by atoms with Crippen LogP contribution in [0, 0.1) is 21.8 Å². The van der Waals surface area contributed by atoms with E-state index in [1.807, 2.05) is 12.1 Å². The van der Waals surface area contributed by atoms with Crippen LogP contribution < -0.4 is 0 Å². The summed E-state index contributed by atoms with van der Waals surface area (Å²) < 4.78 is 14.3. The third-order valence-corrected chi connectivity index (χ3v) is 5.41. The molecule has 4 heteroatoms. The Kier molecular flexibility index (Phi) is 5.47. The quantitative estimate of drug-likeness (QED) is 0.462. The van der Waals surface area contributed by atoms with Gasteiger partial charge in [0.25, 0.3) is 0 Å². The Balaban J connectivity index is 1.75. The highest BCUT2D eigenvalue weighted by molar-refractivity contribution is 5.67. The lowest BCUT2D eigenvalue weighted by Crippen LogP contribution is -2.13. The van der Waals surface area contributed by atoms with Crippen LogP contribution in [0.4, 0.5) is 10.1 Å². The van der Waals surface area contributed by atoms with Crippen LogP contribution in [-0.2, 0) is 0 Å². The minimum absolute atomic E-state index is 0.285. The molecule has 0 atom stereocenters. The van der Waals surface area contributed by atoms with Gasteiger partial charge in [-0.05, 0) is 48.6 Å². The summed E-state index contributed by atoms with van der Waals surface area (Å²) in [6, 6.07) is 12.2. The second-order valence-electron chi connectivity index (χ2n) is 7.02. The van der Waals surface area contributed by atoms with E-state index >= 15 is 0 Å². The Morgan fingerprint density at radius 2 is 1.76 bits per heavy atom. The van der Waals surface area contributed by atoms with E-state index in [2.05, 4.69) is 19.1 Å². The van der Waals surface area contributed by atoms with Gasteiger partial charge in [-0.15, -0.1) is 0 Å². The maximum Gasteiger partial charge on any atom is 0.305 e. The fraction of sp³-hybridized carbons (Fsp3) is 0.429. The maximum absolute atomic E-state index is 14.3. The van der Waals surface area contributed by atoms with Crippen LogP contribution in [0.25, 0.3) is 11.1 Å². The van der Waals surface area contributed by atoms with Crippen LogP contribution in [0.5, 0.6) is 0 Å². The molecule has 0 heterocycles. The van der Waals surface area contributed by atoms with Gasteiger partial charge in [0.2, 0.25) is 5.82 Å². The molecule has 132 valence electrons. The number of hydrogen-bond donors (Lipinski definition) is 0. The Bertz CT molecular complexity index is 734. The Labute approximate surface area is 148 Å². The molecule has 3 nitrogen and oxygen atoms in total. The highest BCUT2D eigenvalue weighted by Gasteiger charge is 2.22. The van der Waals surface area contributed by atoms with Crippen LogP contribution in [0.3, 0.4) is 0 Å². The Hall–Kier alpha value is -2.23. The molecule has 2 aromatic carbocycles. The van der Waals surface area contributed by atoms with Crippen molar-refractivity contribution < 1.29 is 9.31 Å². The molecule has 0 unspecified atom stereocenters. The van der Waals surface area contributed by atoms with E-state index in [0.717, 1.165) is 5.92 Å². The first-order valence-electron chi connectivity index (χ1n) is 9.13. The van der Waals surface area contributed by atoms with Gasteiger partial charge in [-0.3, -0.25) is 10.1 Å². The van der Waals surface area contributed by atoms with E-state index in [1.165, 1.54) is 56.2 Å². The first kappa shape index (κ1) is 17.6. The average molecular weight is 341 g/mol. The van der Waals surface area contributed by atoms with Gasteiger partial charge in [-0.2, -0.15) is 4.39 Å². The van der Waals surface area contributed by atoms with Crippen LogP contribution in [0.15, 0.2) is 42.5 Å². The highest BCUT2D eigenvalue weighted by atomic mass is 19.1. The smallest absolute Gasteiger partial charge is 0.258 e. The molecule has 0 aromatic heterocycles. The molecule has 1 aliphatic carbocycles. The summed E-state index contributed by atoms with van der Waals surface area (Å²) in [6.45, 7) is 2.25. The lowest BCUT2D eigenvalue weighted by Gasteiger charge is -2.28. The van der Waals surface area contributed by atoms with Crippen LogP contribution in [-0.4, -0.2) is 4.92 Å². The SMILES string of the molecule is CCCC1CCC(c2ccc(-c3cccc([N+](=O)[O-])c3F)cc2)CC1. The van der Waals surface area contributed by atoms with Gasteiger partial charge in [0.05, 0.1) is 4.92 Å². The number of hydrogen-bond acceptors (Lipinski definition) is 2. The summed E-state index contributed by atoms with van der Waals surface area (Å²) in [5.41, 5.74) is 1.79. The molecular weight excluding hydrogens is 317 g/mol. The van der Waals surface area contributed by atoms with Gasteiger partial charge >= 0.3 is 5.69 Å². The Morgan fingerprint density at radius 1 is 1.08 bits per heavy atom. The monoisotopic (exact) mass is 341 g/mol. The third kappa shape index (κ3) is 3.89. The van der Waals surface area contributed by atoms with E-state index in [9.17, 15) is 14.5 Å². The molecule has 0 aliphatic heterocycles. The number of nitro benzene ring substituents is 1. The highest BCUT2D eigenvalue weighted by Crippen LogP contribution is 2.38. The number of nitro groups is 1. The summed E-state index contributed by atoms with van der Waals surface area (Å²) in [5.74, 6) is 0.692. The molecule has 0 radical (unpaired) electrons. The zero-order valence-corrected chi connectivity index (χ0v) is 14.6. The fourth-order valence-corrected chi connectivity index (χ4v) is 4.01. The molecule has 2 aromatic rings. The molecule has 0 saturated heterocycles. The third-order valence-electron chi connectivity index (χ3n) is 5.41. The molecular formula is C21H24FNO2. The summed E-state index contributed by atoms with van der Waals surface area (Å²) in [7, 11) is 0. The standard InChI is InChI=1S/C21H24FNO2/c1-2-4-15-7-9-16(10-8-15)17-11-13-18(14-12-17)19-5-3-6-20(21(19)22)23(24)25/h3,5-6,11-16H,2,4,7-10H2,1H3. The first-order valence-corrected chi connectivity index (χ1v) is 9.13. The normalized spacial score (nSPS) is 20.4. The van der Waals surface area contributed by atoms with Crippen molar-refractivity contribution in [2.24, 2.45) is 5.92 Å². The largest absolute Gasteiger partial charge is 0.305 e. The van der Waals surface area contributed by atoms with Crippen molar-refractivity contribution in [2.75, 3.05) is 0 Å². The van der Waals surface area contributed by atoms with Crippen molar-refractivity contribution in [1.29, 1.82) is 0 Å². The van der Waals surface area contributed by atoms with Crippen molar-refractivity contribution >= 4 is 5.69 Å². The van der Waals surface area contributed by atoms with Gasteiger partial charge in [0.15, 0.2) is 0 Å². The molecule has 1 aliphatic rings.